The summed E-state index contributed by atoms with van der Waals surface area (Å²) in [5.41, 5.74) is -2.60. The maximum atomic E-state index is 13.2. The zero-order chi connectivity index (χ0) is 24.9. The van der Waals surface area contributed by atoms with E-state index in [9.17, 15) is 29.9 Å². The third-order valence-electron chi connectivity index (χ3n) is 5.41. The van der Waals surface area contributed by atoms with Crippen LogP contribution in [0.3, 0.4) is 0 Å². The molecular formula is C19H18ClN5O6S2. The molecule has 0 radical (unpaired) electrons. The summed E-state index contributed by atoms with van der Waals surface area (Å²) >= 11 is 16.3. The van der Waals surface area contributed by atoms with E-state index in [0.29, 0.717) is 0 Å². The Kier molecular flexibility index (Phi) is 6.33. The standard InChI is InChI=1S/C19H18ClN5O6S2/c1-21-14(26)12(15(27)22(2)18(21)32)11(8-5-6-9(20)10(7-8)25(30)31)13-16(28)23(3)19(33)24(4)17(13)29/h5-7,11,26,28H,1-4H3. The smallest absolute Gasteiger partial charge is 0.288 e. The predicted molar refractivity (Wildman–Crippen MR) is 125 cm³/mol. The Hall–Kier alpha value is -3.29. The van der Waals surface area contributed by atoms with Crippen molar-refractivity contribution in [2.75, 3.05) is 0 Å². The van der Waals surface area contributed by atoms with Gasteiger partial charge in [-0.15, -0.1) is 0 Å². The molecule has 0 atom stereocenters. The van der Waals surface area contributed by atoms with Gasteiger partial charge in [0.1, 0.15) is 5.02 Å². The molecule has 174 valence electrons. The monoisotopic (exact) mass is 511 g/mol. The summed E-state index contributed by atoms with van der Waals surface area (Å²) in [6, 6.07) is 3.67. The van der Waals surface area contributed by atoms with Crippen molar-refractivity contribution in [2.24, 2.45) is 28.2 Å². The molecule has 0 saturated heterocycles. The number of halogens is 1. The number of nitrogens with zero attached hydrogens (tertiary/aromatic N) is 5. The van der Waals surface area contributed by atoms with Crippen LogP contribution in [0.25, 0.3) is 0 Å². The highest BCUT2D eigenvalue weighted by molar-refractivity contribution is 7.71. The van der Waals surface area contributed by atoms with Crippen LogP contribution in [0.1, 0.15) is 22.6 Å². The topological polar surface area (TPSA) is 137 Å². The first-order valence-corrected chi connectivity index (χ1v) is 10.4. The third-order valence-corrected chi connectivity index (χ3v) is 6.83. The van der Waals surface area contributed by atoms with Crippen LogP contribution in [-0.4, -0.2) is 33.4 Å². The van der Waals surface area contributed by atoms with Crippen molar-refractivity contribution in [2.45, 2.75) is 5.92 Å². The molecule has 1 aromatic carbocycles. The first-order valence-electron chi connectivity index (χ1n) is 9.22. The van der Waals surface area contributed by atoms with E-state index in [0.717, 1.165) is 24.3 Å². The average molecular weight is 512 g/mol. The van der Waals surface area contributed by atoms with E-state index in [-0.39, 0.29) is 31.3 Å². The molecule has 33 heavy (non-hydrogen) atoms. The molecule has 0 amide bonds. The van der Waals surface area contributed by atoms with Gasteiger partial charge in [-0.3, -0.25) is 38.0 Å². The van der Waals surface area contributed by atoms with Crippen LogP contribution >= 0.6 is 36.0 Å². The number of rotatable bonds is 4. The van der Waals surface area contributed by atoms with Crippen LogP contribution in [0, 0.1) is 19.7 Å². The van der Waals surface area contributed by atoms with Gasteiger partial charge in [-0.1, -0.05) is 17.7 Å². The maximum Gasteiger partial charge on any atom is 0.288 e. The highest BCUT2D eigenvalue weighted by Gasteiger charge is 2.33. The Morgan fingerprint density at radius 2 is 1.33 bits per heavy atom. The summed E-state index contributed by atoms with van der Waals surface area (Å²) in [5.74, 6) is -2.57. The number of hydrogen-bond acceptors (Lipinski definition) is 8. The minimum Gasteiger partial charge on any atom is -0.494 e. The predicted octanol–water partition coefficient (Wildman–Crippen LogP) is 2.37. The fraction of sp³-hybridized carbons (Fsp3) is 0.263. The van der Waals surface area contributed by atoms with Gasteiger partial charge < -0.3 is 10.2 Å². The summed E-state index contributed by atoms with van der Waals surface area (Å²) < 4.78 is 4.42. The molecule has 2 heterocycles. The van der Waals surface area contributed by atoms with Crippen molar-refractivity contribution in [1.82, 2.24) is 18.3 Å². The minimum atomic E-state index is -1.43. The Balaban J connectivity index is 2.61. The molecule has 14 heteroatoms. The lowest BCUT2D eigenvalue weighted by molar-refractivity contribution is -0.384. The van der Waals surface area contributed by atoms with Crippen molar-refractivity contribution < 1.29 is 15.1 Å². The van der Waals surface area contributed by atoms with Gasteiger partial charge in [-0.2, -0.15) is 0 Å². The molecule has 0 saturated carbocycles. The van der Waals surface area contributed by atoms with E-state index >= 15 is 0 Å². The SMILES string of the molecule is Cn1c(O)c(C(c2ccc(Cl)c([N+](=O)[O-])c2)c2c(O)n(C)c(=S)n(C)c2=O)c(=O)n(C)c1=S. The van der Waals surface area contributed by atoms with E-state index < -0.39 is 39.4 Å². The zero-order valence-corrected chi connectivity index (χ0v) is 20.2. The number of hydrogen-bond donors (Lipinski definition) is 2. The van der Waals surface area contributed by atoms with Gasteiger partial charge in [0.15, 0.2) is 9.54 Å². The Labute approximate surface area is 201 Å². The van der Waals surface area contributed by atoms with Crippen LogP contribution in [0.4, 0.5) is 5.69 Å². The maximum absolute atomic E-state index is 13.2. The van der Waals surface area contributed by atoms with Crippen LogP contribution in [0.2, 0.25) is 5.02 Å². The van der Waals surface area contributed by atoms with Crippen LogP contribution in [0.15, 0.2) is 27.8 Å². The van der Waals surface area contributed by atoms with Crippen molar-refractivity contribution >= 4 is 41.7 Å². The lowest BCUT2D eigenvalue weighted by atomic mass is 9.86. The normalized spacial score (nSPS) is 11.2. The number of aromatic hydroxyl groups is 2. The number of nitro benzene ring substituents is 1. The molecule has 0 fully saturated rings. The van der Waals surface area contributed by atoms with Crippen molar-refractivity contribution in [3.05, 3.63) is 80.3 Å². The second-order valence-corrected chi connectivity index (χ2v) is 8.42. The molecule has 0 aliphatic rings. The van der Waals surface area contributed by atoms with Crippen molar-refractivity contribution in [1.29, 1.82) is 0 Å². The van der Waals surface area contributed by atoms with E-state index in [4.69, 9.17) is 36.0 Å². The molecule has 0 aliphatic heterocycles. The fourth-order valence-corrected chi connectivity index (χ4v) is 4.08. The molecule has 2 N–H and O–H groups in total. The lowest BCUT2D eigenvalue weighted by Gasteiger charge is -2.23. The van der Waals surface area contributed by atoms with Gasteiger partial charge in [0.05, 0.1) is 22.0 Å². The van der Waals surface area contributed by atoms with E-state index in [1.807, 2.05) is 0 Å². The number of benzene rings is 1. The average Bonchev–Trinajstić information content (AvgIpc) is 2.78. The van der Waals surface area contributed by atoms with Crippen LogP contribution in [0.5, 0.6) is 11.8 Å². The summed E-state index contributed by atoms with van der Waals surface area (Å²) in [5, 5.41) is 33.1. The van der Waals surface area contributed by atoms with Gasteiger partial charge in [0.2, 0.25) is 11.8 Å². The van der Waals surface area contributed by atoms with Crippen LogP contribution < -0.4 is 11.1 Å². The summed E-state index contributed by atoms with van der Waals surface area (Å²) in [6.07, 6.45) is 0. The summed E-state index contributed by atoms with van der Waals surface area (Å²) in [7, 11) is 5.57. The molecule has 0 spiro atoms. The molecule has 3 rings (SSSR count). The quantitative estimate of drug-likeness (QED) is 0.309. The van der Waals surface area contributed by atoms with Gasteiger partial charge in [-0.25, -0.2) is 0 Å². The molecular weight excluding hydrogens is 494 g/mol. The molecule has 11 nitrogen and oxygen atoms in total. The largest absolute Gasteiger partial charge is 0.494 e. The van der Waals surface area contributed by atoms with E-state index in [1.54, 1.807) is 0 Å². The molecule has 0 bridgehead atoms. The minimum absolute atomic E-state index is 0.00864. The lowest BCUT2D eigenvalue weighted by Crippen LogP contribution is -2.33. The Morgan fingerprint density at radius 1 is 0.909 bits per heavy atom. The Morgan fingerprint density at radius 3 is 1.73 bits per heavy atom. The number of aromatic nitrogens is 4. The number of nitro groups is 1. The van der Waals surface area contributed by atoms with Gasteiger partial charge in [0, 0.05) is 34.3 Å². The first kappa shape index (κ1) is 24.4. The molecule has 0 unspecified atom stereocenters. The van der Waals surface area contributed by atoms with Crippen molar-refractivity contribution in [3.63, 3.8) is 0 Å². The first-order chi connectivity index (χ1) is 15.3. The highest BCUT2D eigenvalue weighted by Crippen LogP contribution is 2.39. The zero-order valence-electron chi connectivity index (χ0n) is 17.8. The molecule has 2 aromatic heterocycles. The van der Waals surface area contributed by atoms with Gasteiger partial charge >= 0.3 is 0 Å². The fourth-order valence-electron chi connectivity index (χ4n) is 3.55. The van der Waals surface area contributed by atoms with Gasteiger partial charge in [0.25, 0.3) is 16.8 Å². The third kappa shape index (κ3) is 3.77. The van der Waals surface area contributed by atoms with Crippen LogP contribution in [-0.2, 0) is 28.2 Å². The second kappa shape index (κ2) is 8.57. The second-order valence-electron chi connectivity index (χ2n) is 7.29. The Bertz CT molecular complexity index is 1480. The van der Waals surface area contributed by atoms with Crippen molar-refractivity contribution in [3.8, 4) is 11.8 Å². The highest BCUT2D eigenvalue weighted by atomic mass is 35.5. The molecule has 3 aromatic rings. The van der Waals surface area contributed by atoms with E-state index in [1.165, 1.54) is 40.3 Å². The summed E-state index contributed by atoms with van der Waals surface area (Å²) in [6.45, 7) is 0. The molecule has 0 aliphatic carbocycles. The summed E-state index contributed by atoms with van der Waals surface area (Å²) in [4.78, 5) is 37.3. The van der Waals surface area contributed by atoms with Gasteiger partial charge in [-0.05, 0) is 36.1 Å². The van der Waals surface area contributed by atoms with E-state index in [2.05, 4.69) is 0 Å².